The van der Waals surface area contributed by atoms with E-state index in [1.54, 1.807) is 36.4 Å². The third-order valence-electron chi connectivity index (χ3n) is 4.81. The zero-order valence-electron chi connectivity index (χ0n) is 16.0. The van der Waals surface area contributed by atoms with Crippen LogP contribution in [-0.2, 0) is 20.2 Å². The summed E-state index contributed by atoms with van der Waals surface area (Å²) < 4.78 is 68.3. The van der Waals surface area contributed by atoms with Gasteiger partial charge < -0.3 is 9.97 Å². The summed E-state index contributed by atoms with van der Waals surface area (Å²) in [6.45, 7) is 0. The predicted octanol–water partition coefficient (Wildman–Crippen LogP) is 3.15. The molecule has 0 amide bonds. The molecule has 2 aliphatic heterocycles. The number of fused-ring (bicyclic) bond motifs is 8. The molecule has 32 heavy (non-hydrogen) atoms. The highest BCUT2D eigenvalue weighted by molar-refractivity contribution is 7.86. The summed E-state index contributed by atoms with van der Waals surface area (Å²) in [5.41, 5.74) is 1.93. The van der Waals surface area contributed by atoms with Crippen LogP contribution in [0.25, 0.3) is 46.4 Å². The zero-order valence-corrected chi connectivity index (χ0v) is 17.6. The van der Waals surface area contributed by atoms with Crippen LogP contribution in [0.1, 0.15) is 22.8 Å². The quantitative estimate of drug-likeness (QED) is 0.286. The Morgan fingerprint density at radius 3 is 1.84 bits per heavy atom. The van der Waals surface area contributed by atoms with Gasteiger partial charge in [-0.15, -0.1) is 0 Å². The number of nitrogens with one attached hydrogen (secondary N) is 2. The Morgan fingerprint density at radius 2 is 1.16 bits per heavy atom. The Hall–Kier alpha value is -3.58. The largest absolute Gasteiger partial charge is 0.355 e. The van der Waals surface area contributed by atoms with Crippen LogP contribution in [0.4, 0.5) is 0 Å². The molecule has 0 aliphatic carbocycles. The Morgan fingerprint density at radius 1 is 0.625 bits per heavy atom. The lowest BCUT2D eigenvalue weighted by Gasteiger charge is -2.00. The molecule has 0 saturated heterocycles. The molecule has 0 radical (unpaired) electrons. The maximum Gasteiger partial charge on any atom is 0.298 e. The molecule has 0 spiro atoms. The molecule has 4 N–H and O–H groups in total. The summed E-state index contributed by atoms with van der Waals surface area (Å²) in [6, 6.07) is 10.1. The van der Waals surface area contributed by atoms with Crippen molar-refractivity contribution in [3.05, 3.63) is 59.2 Å². The number of rotatable bonds is 2. The molecule has 12 heteroatoms. The smallest absolute Gasteiger partial charge is 0.298 e. The van der Waals surface area contributed by atoms with Gasteiger partial charge in [-0.3, -0.25) is 9.11 Å². The summed E-state index contributed by atoms with van der Waals surface area (Å²) >= 11 is 0. The van der Waals surface area contributed by atoms with Crippen LogP contribution in [0.2, 0.25) is 0 Å². The SMILES string of the molecule is O=S(=O)(O)c1c2nc(cc3ccc(cc4ccc([nH]4)c(S(=O)(=O)O)c4nc1C=C4)[nH]3)C=C2. The second-order valence-corrected chi connectivity index (χ2v) is 9.78. The average molecular weight is 470 g/mol. The van der Waals surface area contributed by atoms with E-state index in [0.29, 0.717) is 22.2 Å². The van der Waals surface area contributed by atoms with E-state index in [1.165, 1.54) is 24.3 Å². The summed E-state index contributed by atoms with van der Waals surface area (Å²) in [5, 5.41) is 0. The molecule has 162 valence electrons. The highest BCUT2D eigenvalue weighted by Gasteiger charge is 2.25. The summed E-state index contributed by atoms with van der Waals surface area (Å²) in [4.78, 5) is 13.2. The van der Waals surface area contributed by atoms with Crippen molar-refractivity contribution in [3.8, 4) is 0 Å². The second-order valence-electron chi connectivity index (χ2n) is 7.06. The van der Waals surface area contributed by atoms with Gasteiger partial charge in [-0.25, -0.2) is 9.97 Å². The molecule has 0 fully saturated rings. The van der Waals surface area contributed by atoms with E-state index in [2.05, 4.69) is 19.9 Å². The zero-order chi connectivity index (χ0) is 22.7. The van der Waals surface area contributed by atoms with Gasteiger partial charge in [0, 0.05) is 16.6 Å². The van der Waals surface area contributed by atoms with E-state index in [1.807, 2.05) is 0 Å². The van der Waals surface area contributed by atoms with Crippen LogP contribution < -0.4 is 0 Å². The topological polar surface area (TPSA) is 166 Å². The van der Waals surface area contributed by atoms with E-state index in [-0.39, 0.29) is 22.6 Å². The minimum Gasteiger partial charge on any atom is -0.355 e. The van der Waals surface area contributed by atoms with Gasteiger partial charge in [-0.2, -0.15) is 16.8 Å². The molecule has 2 aliphatic rings. The lowest BCUT2D eigenvalue weighted by Crippen LogP contribution is -2.04. The van der Waals surface area contributed by atoms with Crippen molar-refractivity contribution < 1.29 is 25.9 Å². The maximum absolute atomic E-state index is 12.2. The standard InChI is InChI=1S/C20H14N4O6S2/c25-31(26,27)19-15-5-3-13(22-15)9-11-1-2-12(21-11)10-14-4-6-16(23-14)20(32(28,29)30)18-8-7-17(19)24-18/h1-10,21-22H,(H,25,26,27)(H,28,29,30). The van der Waals surface area contributed by atoms with Gasteiger partial charge in [0.05, 0.1) is 28.3 Å². The predicted molar refractivity (Wildman–Crippen MR) is 118 cm³/mol. The highest BCUT2D eigenvalue weighted by Crippen LogP contribution is 2.28. The number of hydrogen-bond acceptors (Lipinski definition) is 6. The average Bonchev–Trinajstić information content (AvgIpc) is 3.44. The van der Waals surface area contributed by atoms with Crippen molar-refractivity contribution in [2.45, 2.75) is 9.79 Å². The van der Waals surface area contributed by atoms with Crippen LogP contribution >= 0.6 is 0 Å². The van der Waals surface area contributed by atoms with E-state index in [0.717, 1.165) is 0 Å². The molecule has 10 nitrogen and oxygen atoms in total. The fourth-order valence-electron chi connectivity index (χ4n) is 3.56. The lowest BCUT2D eigenvalue weighted by molar-refractivity contribution is 0.481. The first kappa shape index (κ1) is 20.3. The maximum atomic E-state index is 12.2. The molecular weight excluding hydrogens is 456 g/mol. The second kappa shape index (κ2) is 6.97. The third-order valence-corrected chi connectivity index (χ3v) is 6.69. The molecule has 3 aromatic rings. The van der Waals surface area contributed by atoms with Gasteiger partial charge in [-0.05, 0) is 60.7 Å². The first-order valence-corrected chi connectivity index (χ1v) is 12.0. The van der Waals surface area contributed by atoms with Crippen molar-refractivity contribution >= 4 is 66.6 Å². The van der Waals surface area contributed by atoms with Crippen LogP contribution in [-0.4, -0.2) is 45.9 Å². The van der Waals surface area contributed by atoms with Gasteiger partial charge >= 0.3 is 0 Å². The van der Waals surface area contributed by atoms with Gasteiger partial charge in [0.15, 0.2) is 0 Å². The Kier molecular flexibility index (Phi) is 4.43. The van der Waals surface area contributed by atoms with E-state index in [9.17, 15) is 25.9 Å². The normalized spacial score (nSPS) is 13.6. The number of aromatic nitrogens is 4. The third kappa shape index (κ3) is 3.65. The van der Waals surface area contributed by atoms with Crippen molar-refractivity contribution in [3.63, 3.8) is 0 Å². The van der Waals surface area contributed by atoms with Crippen LogP contribution in [0.3, 0.4) is 0 Å². The summed E-state index contributed by atoms with van der Waals surface area (Å²) in [6.07, 6.45) is 5.44. The van der Waals surface area contributed by atoms with E-state index >= 15 is 0 Å². The summed E-state index contributed by atoms with van der Waals surface area (Å²) in [7, 11) is -9.54. The number of hydrogen-bond donors (Lipinski definition) is 4. The van der Waals surface area contributed by atoms with E-state index in [4.69, 9.17) is 0 Å². The Labute approximate surface area is 181 Å². The minimum atomic E-state index is -4.78. The van der Waals surface area contributed by atoms with Gasteiger partial charge in [0.25, 0.3) is 20.2 Å². The van der Waals surface area contributed by atoms with Crippen molar-refractivity contribution in [1.29, 1.82) is 0 Å². The number of aromatic amines is 2. The molecule has 5 rings (SSSR count). The molecule has 8 bridgehead atoms. The van der Waals surface area contributed by atoms with Gasteiger partial charge in [0.2, 0.25) is 0 Å². The fraction of sp³-hybridized carbons (Fsp3) is 0. The van der Waals surface area contributed by atoms with Crippen molar-refractivity contribution in [2.24, 2.45) is 0 Å². The molecule has 5 heterocycles. The van der Waals surface area contributed by atoms with Gasteiger partial charge in [0.1, 0.15) is 9.79 Å². The summed E-state index contributed by atoms with van der Waals surface area (Å²) in [5.74, 6) is 0. The monoisotopic (exact) mass is 470 g/mol. The molecule has 0 aromatic carbocycles. The van der Waals surface area contributed by atoms with Crippen molar-refractivity contribution in [2.75, 3.05) is 0 Å². The molecular formula is C20H14N4O6S2. The van der Waals surface area contributed by atoms with Crippen LogP contribution in [0, 0.1) is 0 Å². The molecule has 0 saturated carbocycles. The first-order chi connectivity index (χ1) is 15.1. The Bertz CT molecular complexity index is 1730. The minimum absolute atomic E-state index is 0.0518. The first-order valence-electron chi connectivity index (χ1n) is 9.13. The van der Waals surface area contributed by atoms with Crippen molar-refractivity contribution in [1.82, 2.24) is 19.9 Å². The lowest BCUT2D eigenvalue weighted by atomic mass is 10.3. The van der Waals surface area contributed by atoms with E-state index < -0.39 is 30.0 Å². The van der Waals surface area contributed by atoms with Gasteiger partial charge in [-0.1, -0.05) is 0 Å². The Balaban J connectivity index is 2.02. The highest BCUT2D eigenvalue weighted by atomic mass is 32.2. The van der Waals surface area contributed by atoms with Crippen LogP contribution in [0.5, 0.6) is 0 Å². The fourth-order valence-corrected chi connectivity index (χ4v) is 5.09. The number of H-pyrrole nitrogens is 2. The molecule has 0 atom stereocenters. The van der Waals surface area contributed by atoms with Crippen LogP contribution in [0.15, 0.2) is 46.2 Å². The number of nitrogens with zero attached hydrogens (tertiary/aromatic N) is 2. The molecule has 0 unspecified atom stereocenters. The molecule has 3 aromatic heterocycles.